The number of nitrogens with two attached hydrogens (primary N) is 1. The van der Waals surface area contributed by atoms with Crippen molar-refractivity contribution in [2.24, 2.45) is 0 Å². The molecule has 0 heterocycles. The Morgan fingerprint density at radius 1 is 1.56 bits per heavy atom. The number of amides is 2. The summed E-state index contributed by atoms with van der Waals surface area (Å²) in [4.78, 5) is 13.5. The van der Waals surface area contributed by atoms with E-state index in [9.17, 15) is 4.79 Å². The molecule has 2 rings (SSSR count). The summed E-state index contributed by atoms with van der Waals surface area (Å²) in [5.41, 5.74) is 7.54. The van der Waals surface area contributed by atoms with Crippen molar-refractivity contribution < 1.29 is 4.79 Å². The smallest absolute Gasteiger partial charge is 0.317 e. The number of hydrogen-bond acceptors (Lipinski definition) is 2. The molecule has 0 aliphatic heterocycles. The summed E-state index contributed by atoms with van der Waals surface area (Å²) in [5, 5.41) is 2.68. The van der Waals surface area contributed by atoms with E-state index in [-0.39, 0.29) is 6.03 Å². The number of anilines is 1. The minimum Gasteiger partial charge on any atom is -0.399 e. The number of benzene rings is 1. The van der Waals surface area contributed by atoms with Gasteiger partial charge in [-0.1, -0.05) is 12.1 Å². The van der Waals surface area contributed by atoms with Gasteiger partial charge in [0.2, 0.25) is 0 Å². The highest BCUT2D eigenvalue weighted by molar-refractivity contribution is 5.74. The van der Waals surface area contributed by atoms with Crippen molar-refractivity contribution >= 4 is 11.7 Å². The summed E-state index contributed by atoms with van der Waals surface area (Å²) in [6, 6.07) is 8.07. The first kappa shape index (κ1) is 10.8. The zero-order chi connectivity index (χ0) is 11.5. The van der Waals surface area contributed by atoms with Crippen LogP contribution in [0.3, 0.4) is 0 Å². The first-order valence-electron chi connectivity index (χ1n) is 5.53. The van der Waals surface area contributed by atoms with E-state index in [1.54, 1.807) is 7.05 Å². The van der Waals surface area contributed by atoms with E-state index in [2.05, 4.69) is 5.32 Å². The Balaban J connectivity index is 2.08. The molecule has 86 valence electrons. The lowest BCUT2D eigenvalue weighted by Gasteiger charge is -2.22. The Hall–Kier alpha value is -1.71. The van der Waals surface area contributed by atoms with E-state index in [0.29, 0.717) is 12.6 Å². The van der Waals surface area contributed by atoms with Crippen LogP contribution in [0.1, 0.15) is 18.4 Å². The maximum absolute atomic E-state index is 11.7. The molecule has 1 aromatic rings. The van der Waals surface area contributed by atoms with Gasteiger partial charge in [-0.05, 0) is 30.5 Å². The molecule has 1 aliphatic rings. The van der Waals surface area contributed by atoms with E-state index in [0.717, 1.165) is 24.1 Å². The van der Waals surface area contributed by atoms with Crippen LogP contribution in [0.4, 0.5) is 10.5 Å². The molecule has 1 fully saturated rings. The zero-order valence-corrected chi connectivity index (χ0v) is 9.44. The Labute approximate surface area is 95.4 Å². The molecule has 1 aromatic carbocycles. The molecule has 4 nitrogen and oxygen atoms in total. The van der Waals surface area contributed by atoms with Crippen LogP contribution in [0.5, 0.6) is 0 Å². The highest BCUT2D eigenvalue weighted by Gasteiger charge is 2.31. The van der Waals surface area contributed by atoms with Crippen molar-refractivity contribution in [3.63, 3.8) is 0 Å². The third kappa shape index (κ3) is 2.45. The number of nitrogens with one attached hydrogen (secondary N) is 1. The fraction of sp³-hybridized carbons (Fsp3) is 0.417. The van der Waals surface area contributed by atoms with Crippen molar-refractivity contribution in [2.75, 3.05) is 12.8 Å². The predicted octanol–water partition coefficient (Wildman–Crippen LogP) is 1.57. The second-order valence-corrected chi connectivity index (χ2v) is 4.16. The summed E-state index contributed by atoms with van der Waals surface area (Å²) in [6.45, 7) is 0.634. The van der Waals surface area contributed by atoms with E-state index in [1.807, 2.05) is 29.2 Å². The normalized spacial score (nSPS) is 14.6. The van der Waals surface area contributed by atoms with Gasteiger partial charge >= 0.3 is 6.03 Å². The summed E-state index contributed by atoms with van der Waals surface area (Å²) >= 11 is 0. The first-order chi connectivity index (χ1) is 7.70. The highest BCUT2D eigenvalue weighted by Crippen LogP contribution is 2.28. The van der Waals surface area contributed by atoms with E-state index in [1.165, 1.54) is 0 Å². The maximum atomic E-state index is 11.7. The van der Waals surface area contributed by atoms with Gasteiger partial charge in [0.15, 0.2) is 0 Å². The molecule has 0 bridgehead atoms. The van der Waals surface area contributed by atoms with Crippen molar-refractivity contribution in [2.45, 2.75) is 25.4 Å². The molecule has 0 atom stereocenters. The van der Waals surface area contributed by atoms with E-state index < -0.39 is 0 Å². The Kier molecular flexibility index (Phi) is 2.99. The molecular weight excluding hydrogens is 202 g/mol. The monoisotopic (exact) mass is 219 g/mol. The molecule has 0 spiro atoms. The molecule has 0 saturated heterocycles. The average Bonchev–Trinajstić information content (AvgIpc) is 3.09. The molecule has 0 unspecified atom stereocenters. The Morgan fingerprint density at radius 2 is 2.31 bits per heavy atom. The minimum absolute atomic E-state index is 0.00933. The lowest BCUT2D eigenvalue weighted by atomic mass is 10.2. The van der Waals surface area contributed by atoms with E-state index >= 15 is 0 Å². The van der Waals surface area contributed by atoms with Crippen molar-refractivity contribution in [1.82, 2.24) is 10.2 Å². The predicted molar refractivity (Wildman–Crippen MR) is 63.9 cm³/mol. The van der Waals surface area contributed by atoms with Crippen LogP contribution in [-0.4, -0.2) is 24.0 Å². The lowest BCUT2D eigenvalue weighted by molar-refractivity contribution is 0.194. The van der Waals surface area contributed by atoms with E-state index in [4.69, 9.17) is 5.73 Å². The van der Waals surface area contributed by atoms with Gasteiger partial charge in [-0.25, -0.2) is 4.79 Å². The Bertz CT molecular complexity index is 388. The third-order valence-corrected chi connectivity index (χ3v) is 2.77. The van der Waals surface area contributed by atoms with Crippen LogP contribution in [0.15, 0.2) is 24.3 Å². The standard InChI is InChI=1S/C12H17N3O/c1-14-12(16)15(11-5-6-11)8-9-3-2-4-10(13)7-9/h2-4,7,11H,5-6,8,13H2,1H3,(H,14,16). The molecule has 1 aliphatic carbocycles. The van der Waals surface area contributed by atoms with Crippen molar-refractivity contribution in [1.29, 1.82) is 0 Å². The number of hydrogen-bond donors (Lipinski definition) is 2. The number of carbonyl (C=O) groups is 1. The van der Waals surface area contributed by atoms with Crippen LogP contribution < -0.4 is 11.1 Å². The zero-order valence-electron chi connectivity index (χ0n) is 9.44. The van der Waals surface area contributed by atoms with Gasteiger partial charge < -0.3 is 16.0 Å². The number of nitrogens with zero attached hydrogens (tertiary/aromatic N) is 1. The van der Waals surface area contributed by atoms with Crippen LogP contribution in [0.25, 0.3) is 0 Å². The number of carbonyl (C=O) groups excluding carboxylic acids is 1. The van der Waals surface area contributed by atoms with Gasteiger partial charge in [0.1, 0.15) is 0 Å². The fourth-order valence-corrected chi connectivity index (χ4v) is 1.78. The fourth-order valence-electron chi connectivity index (χ4n) is 1.78. The molecule has 0 aromatic heterocycles. The summed E-state index contributed by atoms with van der Waals surface area (Å²) in [5.74, 6) is 0. The van der Waals surface area contributed by atoms with Gasteiger partial charge in [-0.3, -0.25) is 0 Å². The minimum atomic E-state index is -0.00933. The largest absolute Gasteiger partial charge is 0.399 e. The molecule has 16 heavy (non-hydrogen) atoms. The van der Waals surface area contributed by atoms with Crippen molar-refractivity contribution in [3.05, 3.63) is 29.8 Å². The maximum Gasteiger partial charge on any atom is 0.317 e. The summed E-state index contributed by atoms with van der Waals surface area (Å²) < 4.78 is 0. The van der Waals surface area contributed by atoms with Gasteiger partial charge in [0.25, 0.3) is 0 Å². The Morgan fingerprint density at radius 3 is 2.88 bits per heavy atom. The topological polar surface area (TPSA) is 58.4 Å². The average molecular weight is 219 g/mol. The van der Waals surface area contributed by atoms with Crippen molar-refractivity contribution in [3.8, 4) is 0 Å². The number of rotatable bonds is 3. The molecule has 4 heteroatoms. The quantitative estimate of drug-likeness (QED) is 0.758. The lowest BCUT2D eigenvalue weighted by Crippen LogP contribution is -2.39. The van der Waals surface area contributed by atoms with Gasteiger partial charge in [0.05, 0.1) is 0 Å². The van der Waals surface area contributed by atoms with Crippen LogP contribution in [0, 0.1) is 0 Å². The number of nitrogen functional groups attached to an aromatic ring is 1. The summed E-state index contributed by atoms with van der Waals surface area (Å²) in [7, 11) is 1.66. The second kappa shape index (κ2) is 4.43. The SMILES string of the molecule is CNC(=O)N(Cc1cccc(N)c1)C1CC1. The molecular formula is C12H17N3O. The molecule has 3 N–H and O–H groups in total. The summed E-state index contributed by atoms with van der Waals surface area (Å²) in [6.07, 6.45) is 2.21. The van der Waals surface area contributed by atoms with Crippen LogP contribution >= 0.6 is 0 Å². The molecule has 0 radical (unpaired) electrons. The third-order valence-electron chi connectivity index (χ3n) is 2.77. The van der Waals surface area contributed by atoms with Gasteiger partial charge in [-0.15, -0.1) is 0 Å². The second-order valence-electron chi connectivity index (χ2n) is 4.16. The van der Waals surface area contributed by atoms with Gasteiger partial charge in [-0.2, -0.15) is 0 Å². The number of urea groups is 1. The van der Waals surface area contributed by atoms with Crippen LogP contribution in [-0.2, 0) is 6.54 Å². The molecule has 2 amide bonds. The molecule has 1 saturated carbocycles. The first-order valence-corrected chi connectivity index (χ1v) is 5.53. The highest BCUT2D eigenvalue weighted by atomic mass is 16.2. The van der Waals surface area contributed by atoms with Gasteiger partial charge in [0, 0.05) is 25.3 Å². The van der Waals surface area contributed by atoms with Crippen LogP contribution in [0.2, 0.25) is 0 Å².